The number of rotatable bonds is 10. The first-order valence-corrected chi connectivity index (χ1v) is 15.7. The van der Waals surface area contributed by atoms with Gasteiger partial charge in [0, 0.05) is 34.3 Å². The van der Waals surface area contributed by atoms with Crippen LogP contribution in [-0.4, -0.2) is 59.4 Å². The van der Waals surface area contributed by atoms with Gasteiger partial charge in [0.2, 0.25) is 0 Å². The van der Waals surface area contributed by atoms with E-state index in [0.29, 0.717) is 28.8 Å². The highest BCUT2D eigenvalue weighted by Gasteiger charge is 2.25. The summed E-state index contributed by atoms with van der Waals surface area (Å²) in [5, 5.41) is 23.2. The van der Waals surface area contributed by atoms with E-state index in [4.69, 9.17) is 48.2 Å². The molecule has 0 saturated heterocycles. The fraction of sp³-hybridized carbons (Fsp3) is 0.118. The van der Waals surface area contributed by atoms with Crippen molar-refractivity contribution in [3.05, 3.63) is 97.8 Å². The maximum absolute atomic E-state index is 12.3. The first-order chi connectivity index (χ1) is 24.0. The van der Waals surface area contributed by atoms with Crippen molar-refractivity contribution >= 4 is 74.1 Å². The van der Waals surface area contributed by atoms with Crippen LogP contribution in [0, 0.1) is 0 Å². The molecule has 7 aromatic rings. The number of nitrogens with one attached hydrogen (secondary N) is 1. The molecule has 1 amide bonds. The SMILES string of the molecule is COc1c(C(N)=O)ccc2c1nc(-c1ccc(Cl)cc1C(=O)O)n2CCCn1c(-c2ccc(Cl)cc2C(=O)O)nc2c3o[nH]c(=O)c3ccc21. The van der Waals surface area contributed by atoms with Gasteiger partial charge in [-0.3, -0.25) is 9.59 Å². The highest BCUT2D eigenvalue weighted by Crippen LogP contribution is 2.36. The van der Waals surface area contributed by atoms with Crippen molar-refractivity contribution < 1.29 is 33.9 Å². The van der Waals surface area contributed by atoms with Crippen molar-refractivity contribution in [1.29, 1.82) is 0 Å². The van der Waals surface area contributed by atoms with Gasteiger partial charge in [-0.15, -0.1) is 0 Å². The van der Waals surface area contributed by atoms with E-state index in [1.54, 1.807) is 47.0 Å². The predicted molar refractivity (Wildman–Crippen MR) is 184 cm³/mol. The van der Waals surface area contributed by atoms with Gasteiger partial charge in [-0.05, 0) is 67.1 Å². The van der Waals surface area contributed by atoms with E-state index in [0.717, 1.165) is 0 Å². The number of methoxy groups -OCH3 is 1. The summed E-state index contributed by atoms with van der Waals surface area (Å²) in [7, 11) is 1.38. The summed E-state index contributed by atoms with van der Waals surface area (Å²) in [5.41, 5.74) is 7.59. The first-order valence-electron chi connectivity index (χ1n) is 14.9. The Morgan fingerprint density at radius 3 is 1.90 bits per heavy atom. The zero-order chi connectivity index (χ0) is 35.4. The molecule has 14 nitrogen and oxygen atoms in total. The molecule has 0 fully saturated rings. The number of carbonyl (C=O) groups is 3. The first kappa shape index (κ1) is 32.4. The Labute approximate surface area is 290 Å². The maximum atomic E-state index is 12.3. The third kappa shape index (κ3) is 5.30. The maximum Gasteiger partial charge on any atom is 0.336 e. The van der Waals surface area contributed by atoms with Gasteiger partial charge >= 0.3 is 11.9 Å². The van der Waals surface area contributed by atoms with Crippen molar-refractivity contribution in [1.82, 2.24) is 24.3 Å². The van der Waals surface area contributed by atoms with Crippen molar-refractivity contribution in [2.75, 3.05) is 7.11 Å². The molecule has 0 bridgehead atoms. The average Bonchev–Trinajstić information content (AvgIpc) is 3.77. The number of fused-ring (bicyclic) bond motifs is 4. The highest BCUT2D eigenvalue weighted by atomic mass is 35.5. The van der Waals surface area contributed by atoms with E-state index in [1.807, 2.05) is 4.57 Å². The summed E-state index contributed by atoms with van der Waals surface area (Å²) >= 11 is 12.3. The van der Waals surface area contributed by atoms with Crippen molar-refractivity contribution in [2.45, 2.75) is 19.5 Å². The van der Waals surface area contributed by atoms with Crippen LogP contribution in [0.2, 0.25) is 10.0 Å². The molecular weight excluding hydrogens is 691 g/mol. The smallest absolute Gasteiger partial charge is 0.336 e. The summed E-state index contributed by atoms with van der Waals surface area (Å²) in [6, 6.07) is 15.3. The molecule has 0 aliphatic rings. The van der Waals surface area contributed by atoms with Crippen molar-refractivity contribution in [2.24, 2.45) is 5.73 Å². The molecule has 0 saturated carbocycles. The number of nitrogens with zero attached hydrogens (tertiary/aromatic N) is 4. The highest BCUT2D eigenvalue weighted by molar-refractivity contribution is 6.31. The molecular formula is C34H24Cl2N6O8. The van der Waals surface area contributed by atoms with E-state index in [2.05, 4.69) is 5.16 Å². The number of halogens is 2. The number of ether oxygens (including phenoxy) is 1. The Hall–Kier alpha value is -6.12. The molecule has 3 aromatic heterocycles. The number of imidazole rings is 2. The third-order valence-electron chi connectivity index (χ3n) is 8.38. The molecule has 7 rings (SSSR count). The van der Waals surface area contributed by atoms with Gasteiger partial charge in [0.25, 0.3) is 11.5 Å². The summed E-state index contributed by atoms with van der Waals surface area (Å²) in [4.78, 5) is 58.7. The molecule has 50 heavy (non-hydrogen) atoms. The Kier molecular flexibility index (Phi) is 8.04. The third-order valence-corrected chi connectivity index (χ3v) is 8.85. The number of aryl methyl sites for hydroxylation is 2. The largest absolute Gasteiger partial charge is 0.494 e. The Balaban J connectivity index is 1.39. The summed E-state index contributed by atoms with van der Waals surface area (Å²) < 4.78 is 14.6. The van der Waals surface area contributed by atoms with E-state index >= 15 is 0 Å². The molecule has 0 radical (unpaired) electrons. The Morgan fingerprint density at radius 1 is 0.820 bits per heavy atom. The lowest BCUT2D eigenvalue weighted by atomic mass is 10.1. The standard InChI is InChI=1S/C34H24Cl2N6O8/c1-49-27-19(29(37)43)7-9-23-25(27)38-30(17-5-3-15(35)13-21(17)33(45)46)41(23)11-2-12-42-24-10-8-20-28(50-40-32(20)44)26(24)39-31(42)18-6-4-16(36)14-22(18)34(47)48/h3-10,13-14H,2,11-12H2,1H3,(H2,37,43)(H,40,44)(H,45,46)(H,47,48). The fourth-order valence-corrected chi connectivity index (χ4v) is 6.54. The number of H-pyrrole nitrogens is 1. The number of benzene rings is 4. The second-order valence-electron chi connectivity index (χ2n) is 11.2. The predicted octanol–water partition coefficient (Wildman–Crippen LogP) is 6.06. The monoisotopic (exact) mass is 714 g/mol. The van der Waals surface area contributed by atoms with Crippen LogP contribution in [-0.2, 0) is 13.1 Å². The number of hydrogen-bond donors (Lipinski definition) is 4. The van der Waals surface area contributed by atoms with Crippen LogP contribution in [0.3, 0.4) is 0 Å². The number of nitrogens with two attached hydrogens (primary N) is 1. The minimum Gasteiger partial charge on any atom is -0.494 e. The number of carbonyl (C=O) groups excluding carboxylic acids is 1. The summed E-state index contributed by atoms with van der Waals surface area (Å²) in [6.45, 7) is 0.509. The second-order valence-corrected chi connectivity index (χ2v) is 12.1. The number of aromatic nitrogens is 5. The topological polar surface area (TPSA) is 209 Å². The van der Waals surface area contributed by atoms with Crippen LogP contribution in [0.5, 0.6) is 5.75 Å². The van der Waals surface area contributed by atoms with Crippen LogP contribution in [0.25, 0.3) is 55.8 Å². The van der Waals surface area contributed by atoms with Gasteiger partial charge < -0.3 is 34.3 Å². The lowest BCUT2D eigenvalue weighted by Crippen LogP contribution is -2.12. The van der Waals surface area contributed by atoms with Gasteiger partial charge in [0.1, 0.15) is 22.7 Å². The lowest BCUT2D eigenvalue weighted by molar-refractivity contribution is 0.0686. The van der Waals surface area contributed by atoms with Gasteiger partial charge in [-0.2, -0.15) is 5.16 Å². The van der Waals surface area contributed by atoms with Crippen LogP contribution < -0.4 is 16.0 Å². The Morgan fingerprint density at radius 2 is 1.36 bits per heavy atom. The van der Waals surface area contributed by atoms with Gasteiger partial charge in [-0.1, -0.05) is 23.2 Å². The number of aromatic amines is 1. The van der Waals surface area contributed by atoms with Gasteiger partial charge in [-0.25, -0.2) is 19.6 Å². The lowest BCUT2D eigenvalue weighted by Gasteiger charge is -2.14. The van der Waals surface area contributed by atoms with Crippen LogP contribution >= 0.6 is 23.2 Å². The zero-order valence-electron chi connectivity index (χ0n) is 25.9. The van der Waals surface area contributed by atoms with E-state index < -0.39 is 23.4 Å². The van der Waals surface area contributed by atoms with Crippen molar-refractivity contribution in [3.63, 3.8) is 0 Å². The molecule has 3 heterocycles. The number of carboxylic acids is 2. The van der Waals surface area contributed by atoms with Crippen LogP contribution in [0.15, 0.2) is 70.0 Å². The van der Waals surface area contributed by atoms with Crippen LogP contribution in [0.4, 0.5) is 0 Å². The molecule has 0 unspecified atom stereocenters. The summed E-state index contributed by atoms with van der Waals surface area (Å²) in [6.07, 6.45) is 0.373. The quantitative estimate of drug-likeness (QED) is 0.129. The number of carboxylic acid groups (broad SMARTS) is 2. The number of aromatic carboxylic acids is 2. The minimum absolute atomic E-state index is 0.0787. The molecule has 0 aliphatic carbocycles. The molecule has 0 aliphatic heterocycles. The average molecular weight is 716 g/mol. The summed E-state index contributed by atoms with van der Waals surface area (Å²) in [5.74, 6) is -2.47. The second kappa shape index (κ2) is 12.4. The number of hydrogen-bond acceptors (Lipinski definition) is 8. The van der Waals surface area contributed by atoms with Gasteiger partial charge in [0.05, 0.1) is 40.2 Å². The Bertz CT molecular complexity index is 2620. The number of primary amides is 1. The van der Waals surface area contributed by atoms with E-state index in [-0.39, 0.29) is 79.0 Å². The van der Waals surface area contributed by atoms with E-state index in [9.17, 15) is 29.4 Å². The normalized spacial score (nSPS) is 11.5. The minimum atomic E-state index is -1.22. The van der Waals surface area contributed by atoms with Gasteiger partial charge in [0.15, 0.2) is 11.3 Å². The zero-order valence-corrected chi connectivity index (χ0v) is 27.4. The molecule has 4 aromatic carbocycles. The molecule has 0 spiro atoms. The van der Waals surface area contributed by atoms with Crippen molar-refractivity contribution in [3.8, 4) is 28.5 Å². The fourth-order valence-electron chi connectivity index (χ4n) is 6.20. The molecule has 5 N–H and O–H groups in total. The molecule has 252 valence electrons. The molecule has 0 atom stereocenters. The van der Waals surface area contributed by atoms with Crippen LogP contribution in [0.1, 0.15) is 37.5 Å². The number of amides is 1. The molecule has 16 heteroatoms. The van der Waals surface area contributed by atoms with E-state index in [1.165, 1.54) is 25.3 Å².